The number of nitrogens with zero attached hydrogens (tertiary/aromatic N) is 2. The molecule has 0 aliphatic heterocycles. The first-order chi connectivity index (χ1) is 13.3. The average molecular weight is 389 g/mol. The van der Waals surface area contributed by atoms with Crippen molar-refractivity contribution in [1.82, 2.24) is 10.2 Å². The molecule has 1 aromatic heterocycles. The molecule has 5 nitrogen and oxygen atoms in total. The molecular formula is C20H18F3N3O2. The maximum atomic E-state index is 12.9. The van der Waals surface area contributed by atoms with Crippen molar-refractivity contribution >= 4 is 16.6 Å². The monoisotopic (exact) mass is 389 g/mol. The van der Waals surface area contributed by atoms with E-state index in [9.17, 15) is 23.4 Å². The normalized spacial score (nSPS) is 19.9. The second-order valence-corrected chi connectivity index (χ2v) is 6.98. The van der Waals surface area contributed by atoms with Crippen molar-refractivity contribution in [3.63, 3.8) is 0 Å². The van der Waals surface area contributed by atoms with Crippen LogP contribution in [0.2, 0.25) is 0 Å². The van der Waals surface area contributed by atoms with Gasteiger partial charge in [0.25, 0.3) is 0 Å². The Balaban J connectivity index is 1.76. The van der Waals surface area contributed by atoms with Gasteiger partial charge in [0.15, 0.2) is 5.82 Å². The molecule has 1 saturated carbocycles. The predicted molar refractivity (Wildman–Crippen MR) is 98.9 cm³/mol. The molecule has 0 spiro atoms. The second-order valence-electron chi connectivity index (χ2n) is 6.98. The standard InChI is InChI=1S/C20H18F3N3O2/c21-20(22,23)11-5-8-16(17(28)9-11)18-14-3-1-2-4-15(14)19(26-25-18)24-12-6-7-13(27)10-12/h1-5,8-9,12-13,27-28H,6-7,10H2,(H,24,26)/t12-,13-/m1/s1. The minimum absolute atomic E-state index is 0.0815. The van der Waals surface area contributed by atoms with E-state index in [-0.39, 0.29) is 17.7 Å². The second kappa shape index (κ2) is 6.94. The smallest absolute Gasteiger partial charge is 0.416 e. The minimum atomic E-state index is -4.54. The zero-order valence-corrected chi connectivity index (χ0v) is 14.7. The average Bonchev–Trinajstić information content (AvgIpc) is 3.06. The van der Waals surface area contributed by atoms with E-state index < -0.39 is 17.5 Å². The zero-order chi connectivity index (χ0) is 19.9. The van der Waals surface area contributed by atoms with Gasteiger partial charge >= 0.3 is 6.18 Å². The lowest BCUT2D eigenvalue weighted by Gasteiger charge is -2.16. The molecule has 0 saturated heterocycles. The first-order valence-corrected chi connectivity index (χ1v) is 8.93. The van der Waals surface area contributed by atoms with Crippen molar-refractivity contribution in [3.05, 3.63) is 48.0 Å². The number of aromatic nitrogens is 2. The Hall–Kier alpha value is -2.87. The molecular weight excluding hydrogens is 371 g/mol. The highest BCUT2D eigenvalue weighted by Gasteiger charge is 2.31. The van der Waals surface area contributed by atoms with Gasteiger partial charge in [0.2, 0.25) is 0 Å². The van der Waals surface area contributed by atoms with Crippen molar-refractivity contribution in [3.8, 4) is 17.0 Å². The van der Waals surface area contributed by atoms with Gasteiger partial charge in [0.1, 0.15) is 11.4 Å². The number of aliphatic hydroxyl groups excluding tert-OH is 1. The van der Waals surface area contributed by atoms with E-state index in [4.69, 9.17) is 0 Å². The summed E-state index contributed by atoms with van der Waals surface area (Å²) in [7, 11) is 0. The maximum Gasteiger partial charge on any atom is 0.416 e. The van der Waals surface area contributed by atoms with Crippen LogP contribution in [0.15, 0.2) is 42.5 Å². The molecule has 28 heavy (non-hydrogen) atoms. The molecule has 1 fully saturated rings. The minimum Gasteiger partial charge on any atom is -0.507 e. The summed E-state index contributed by atoms with van der Waals surface area (Å²) in [5, 5.41) is 33.0. The number of anilines is 1. The highest BCUT2D eigenvalue weighted by molar-refractivity contribution is 6.00. The molecule has 8 heteroatoms. The number of halogens is 3. The van der Waals surface area contributed by atoms with Crippen molar-refractivity contribution in [1.29, 1.82) is 0 Å². The summed E-state index contributed by atoms with van der Waals surface area (Å²) in [5.41, 5.74) is -0.442. The molecule has 1 aliphatic carbocycles. The Morgan fingerprint density at radius 1 is 1.00 bits per heavy atom. The zero-order valence-electron chi connectivity index (χ0n) is 14.7. The predicted octanol–water partition coefficient (Wildman–Crippen LogP) is 4.35. The Morgan fingerprint density at radius 2 is 1.75 bits per heavy atom. The van der Waals surface area contributed by atoms with E-state index in [1.165, 1.54) is 6.07 Å². The highest BCUT2D eigenvalue weighted by atomic mass is 19.4. The summed E-state index contributed by atoms with van der Waals surface area (Å²) < 4.78 is 38.6. The first kappa shape index (κ1) is 18.5. The largest absolute Gasteiger partial charge is 0.507 e. The quantitative estimate of drug-likeness (QED) is 0.621. The van der Waals surface area contributed by atoms with Gasteiger partial charge in [-0.05, 0) is 37.5 Å². The van der Waals surface area contributed by atoms with E-state index in [2.05, 4.69) is 15.5 Å². The third kappa shape index (κ3) is 3.47. The number of alkyl halides is 3. The fraction of sp³-hybridized carbons (Fsp3) is 0.300. The van der Waals surface area contributed by atoms with Crippen LogP contribution in [0.25, 0.3) is 22.0 Å². The molecule has 3 aromatic rings. The number of rotatable bonds is 3. The lowest BCUT2D eigenvalue weighted by Crippen LogP contribution is -2.18. The molecule has 0 radical (unpaired) electrons. The first-order valence-electron chi connectivity index (χ1n) is 8.93. The molecule has 1 heterocycles. The van der Waals surface area contributed by atoms with Crippen molar-refractivity contribution in [2.45, 2.75) is 37.6 Å². The Bertz CT molecular complexity index is 1020. The number of hydrogen-bond acceptors (Lipinski definition) is 5. The summed E-state index contributed by atoms with van der Waals surface area (Å²) in [6.07, 6.45) is -2.71. The van der Waals surface area contributed by atoms with Crippen molar-refractivity contribution in [2.24, 2.45) is 0 Å². The van der Waals surface area contributed by atoms with Gasteiger partial charge in [0.05, 0.1) is 11.7 Å². The van der Waals surface area contributed by atoms with Gasteiger partial charge in [-0.2, -0.15) is 13.2 Å². The number of aliphatic hydroxyl groups is 1. The number of phenols is 1. The summed E-state index contributed by atoms with van der Waals surface area (Å²) in [6.45, 7) is 0. The fourth-order valence-corrected chi connectivity index (χ4v) is 3.60. The van der Waals surface area contributed by atoms with Crippen LogP contribution < -0.4 is 5.32 Å². The maximum absolute atomic E-state index is 12.9. The summed E-state index contributed by atoms with van der Waals surface area (Å²) in [6, 6.07) is 10.1. The van der Waals surface area contributed by atoms with Crippen LogP contribution in [0.4, 0.5) is 19.0 Å². The van der Waals surface area contributed by atoms with Crippen LogP contribution >= 0.6 is 0 Å². The summed E-state index contributed by atoms with van der Waals surface area (Å²) in [4.78, 5) is 0. The highest BCUT2D eigenvalue weighted by Crippen LogP contribution is 2.39. The van der Waals surface area contributed by atoms with Crippen molar-refractivity contribution < 1.29 is 23.4 Å². The molecule has 0 bridgehead atoms. The lowest BCUT2D eigenvalue weighted by molar-refractivity contribution is -0.137. The van der Waals surface area contributed by atoms with Gasteiger partial charge in [-0.3, -0.25) is 0 Å². The molecule has 2 atom stereocenters. The topological polar surface area (TPSA) is 78.3 Å². The van der Waals surface area contributed by atoms with Crippen LogP contribution in [0.5, 0.6) is 5.75 Å². The number of aromatic hydroxyl groups is 1. The van der Waals surface area contributed by atoms with E-state index in [1.807, 2.05) is 12.1 Å². The van der Waals surface area contributed by atoms with Gasteiger partial charge in [-0.1, -0.05) is 24.3 Å². The fourth-order valence-electron chi connectivity index (χ4n) is 3.60. The van der Waals surface area contributed by atoms with E-state index in [0.717, 1.165) is 24.3 Å². The van der Waals surface area contributed by atoms with E-state index in [1.54, 1.807) is 12.1 Å². The Morgan fingerprint density at radius 3 is 2.39 bits per heavy atom. The van der Waals surface area contributed by atoms with Gasteiger partial charge in [-0.15, -0.1) is 10.2 Å². The molecule has 3 N–H and O–H groups in total. The number of nitrogens with one attached hydrogen (secondary N) is 1. The number of benzene rings is 2. The molecule has 146 valence electrons. The molecule has 1 aliphatic rings. The molecule has 4 rings (SSSR count). The number of phenolic OH excluding ortho intramolecular Hbond substituents is 1. The molecule has 2 aromatic carbocycles. The Labute approximate surface area is 158 Å². The third-order valence-electron chi connectivity index (χ3n) is 5.01. The van der Waals surface area contributed by atoms with E-state index >= 15 is 0 Å². The van der Waals surface area contributed by atoms with Crippen LogP contribution in [-0.4, -0.2) is 32.6 Å². The third-order valence-corrected chi connectivity index (χ3v) is 5.01. The van der Waals surface area contributed by atoms with Crippen LogP contribution in [0.3, 0.4) is 0 Å². The Kier molecular flexibility index (Phi) is 4.58. The van der Waals surface area contributed by atoms with E-state index in [0.29, 0.717) is 29.4 Å². The SMILES string of the molecule is Oc1cc(C(F)(F)F)ccc1-c1nnc(N[C@@H]2CC[C@@H](O)C2)c2ccccc12. The van der Waals surface area contributed by atoms with Gasteiger partial charge < -0.3 is 15.5 Å². The number of fused-ring (bicyclic) bond motifs is 1. The van der Waals surface area contributed by atoms with Crippen molar-refractivity contribution in [2.75, 3.05) is 5.32 Å². The molecule has 0 amide bonds. The summed E-state index contributed by atoms with van der Waals surface area (Å²) in [5.74, 6) is 0.0405. The van der Waals surface area contributed by atoms with Crippen LogP contribution in [0, 0.1) is 0 Å². The van der Waals surface area contributed by atoms with Gasteiger partial charge in [-0.25, -0.2) is 0 Å². The molecule has 0 unspecified atom stereocenters. The summed E-state index contributed by atoms with van der Waals surface area (Å²) >= 11 is 0. The van der Waals surface area contributed by atoms with Crippen LogP contribution in [-0.2, 0) is 6.18 Å². The lowest BCUT2D eigenvalue weighted by atomic mass is 10.0. The number of hydrogen-bond donors (Lipinski definition) is 3. The van der Waals surface area contributed by atoms with Gasteiger partial charge in [0, 0.05) is 22.4 Å². The van der Waals surface area contributed by atoms with Crippen LogP contribution in [0.1, 0.15) is 24.8 Å².